The van der Waals surface area contributed by atoms with Crippen molar-refractivity contribution in [1.82, 2.24) is 5.16 Å². The van der Waals surface area contributed by atoms with E-state index in [1.165, 1.54) is 18.2 Å². The Labute approximate surface area is 101 Å². The van der Waals surface area contributed by atoms with Gasteiger partial charge in [-0.05, 0) is 25.1 Å². The highest BCUT2D eigenvalue weighted by molar-refractivity contribution is 6.30. The minimum Gasteiger partial charge on any atom is -0.361 e. The summed E-state index contributed by atoms with van der Waals surface area (Å²) in [5.74, 6) is -0.638. The third-order valence-corrected chi connectivity index (χ3v) is 2.28. The molecule has 0 aliphatic heterocycles. The van der Waals surface area contributed by atoms with Crippen molar-refractivity contribution in [2.45, 2.75) is 6.92 Å². The summed E-state index contributed by atoms with van der Waals surface area (Å²) in [5, 5.41) is 6.16. The van der Waals surface area contributed by atoms with Gasteiger partial charge in [-0.1, -0.05) is 16.8 Å². The Balaban J connectivity index is 2.18. The van der Waals surface area contributed by atoms with Crippen LogP contribution in [0.1, 0.15) is 16.2 Å². The molecular formula is C11H8ClFN2O2. The number of hydrogen-bond donors (Lipinski definition) is 1. The van der Waals surface area contributed by atoms with Crippen LogP contribution in [-0.4, -0.2) is 11.1 Å². The van der Waals surface area contributed by atoms with Crippen molar-refractivity contribution in [3.8, 4) is 0 Å². The maximum absolute atomic E-state index is 13.4. The summed E-state index contributed by atoms with van der Waals surface area (Å²) in [6.07, 6.45) is 0. The first-order valence-electron chi connectivity index (χ1n) is 4.76. The van der Waals surface area contributed by atoms with Crippen LogP contribution in [0.5, 0.6) is 0 Å². The lowest BCUT2D eigenvalue weighted by Crippen LogP contribution is -2.13. The summed E-state index contributed by atoms with van der Waals surface area (Å²) >= 11 is 5.59. The van der Waals surface area contributed by atoms with Gasteiger partial charge in [0.15, 0.2) is 5.69 Å². The van der Waals surface area contributed by atoms with Gasteiger partial charge in [0, 0.05) is 11.1 Å². The van der Waals surface area contributed by atoms with E-state index < -0.39 is 11.7 Å². The molecule has 0 spiro atoms. The number of benzene rings is 1. The van der Waals surface area contributed by atoms with E-state index in [1.54, 1.807) is 6.92 Å². The number of nitrogens with one attached hydrogen (secondary N) is 1. The largest absolute Gasteiger partial charge is 0.361 e. The standard InChI is InChI=1S/C11H8ClFN2O2/c1-6-4-10(15-17-6)11(16)14-9-3-2-7(12)5-8(9)13/h2-5H,1H3,(H,14,16). The van der Waals surface area contributed by atoms with Crippen LogP contribution in [0.3, 0.4) is 0 Å². The van der Waals surface area contributed by atoms with Crippen LogP contribution < -0.4 is 5.32 Å². The van der Waals surface area contributed by atoms with Crippen molar-refractivity contribution in [3.05, 3.63) is 46.6 Å². The number of rotatable bonds is 2. The van der Waals surface area contributed by atoms with Gasteiger partial charge in [-0.3, -0.25) is 4.79 Å². The van der Waals surface area contributed by atoms with Crippen LogP contribution >= 0.6 is 11.6 Å². The molecule has 1 heterocycles. The highest BCUT2D eigenvalue weighted by Crippen LogP contribution is 2.19. The SMILES string of the molecule is Cc1cc(C(=O)Nc2ccc(Cl)cc2F)no1. The van der Waals surface area contributed by atoms with Gasteiger partial charge in [-0.15, -0.1) is 0 Å². The van der Waals surface area contributed by atoms with E-state index in [0.29, 0.717) is 5.76 Å². The average molecular weight is 255 g/mol. The minimum absolute atomic E-state index is 0.0417. The second-order valence-electron chi connectivity index (χ2n) is 3.40. The molecule has 0 atom stereocenters. The number of aromatic nitrogens is 1. The summed E-state index contributed by atoms with van der Waals surface area (Å²) < 4.78 is 18.1. The molecule has 0 aliphatic carbocycles. The molecule has 88 valence electrons. The van der Waals surface area contributed by atoms with Crippen molar-refractivity contribution >= 4 is 23.2 Å². The third kappa shape index (κ3) is 2.62. The molecule has 0 saturated carbocycles. The third-order valence-electron chi connectivity index (χ3n) is 2.04. The van der Waals surface area contributed by atoms with E-state index in [4.69, 9.17) is 16.1 Å². The van der Waals surface area contributed by atoms with Gasteiger partial charge in [0.2, 0.25) is 0 Å². The molecule has 1 aromatic carbocycles. The van der Waals surface area contributed by atoms with Crippen LogP contribution in [-0.2, 0) is 0 Å². The van der Waals surface area contributed by atoms with E-state index in [0.717, 1.165) is 6.07 Å². The molecule has 0 fully saturated rings. The Morgan fingerprint density at radius 1 is 1.47 bits per heavy atom. The Bertz CT molecular complexity index is 568. The van der Waals surface area contributed by atoms with Gasteiger partial charge in [-0.2, -0.15) is 0 Å². The minimum atomic E-state index is -0.605. The maximum Gasteiger partial charge on any atom is 0.277 e. The second kappa shape index (κ2) is 4.55. The summed E-state index contributed by atoms with van der Waals surface area (Å²) in [6, 6.07) is 5.44. The highest BCUT2D eigenvalue weighted by Gasteiger charge is 2.13. The van der Waals surface area contributed by atoms with Crippen LogP contribution in [0.4, 0.5) is 10.1 Å². The summed E-state index contributed by atoms with van der Waals surface area (Å²) in [7, 11) is 0. The molecule has 0 unspecified atom stereocenters. The number of hydrogen-bond acceptors (Lipinski definition) is 3. The van der Waals surface area contributed by atoms with Crippen molar-refractivity contribution in [1.29, 1.82) is 0 Å². The lowest BCUT2D eigenvalue weighted by molar-refractivity contribution is 0.101. The number of amides is 1. The number of anilines is 1. The molecule has 1 N–H and O–H groups in total. The Morgan fingerprint density at radius 3 is 2.82 bits per heavy atom. The number of nitrogens with zero attached hydrogens (tertiary/aromatic N) is 1. The van der Waals surface area contributed by atoms with Crippen molar-refractivity contribution in [3.63, 3.8) is 0 Å². The van der Waals surface area contributed by atoms with Gasteiger partial charge < -0.3 is 9.84 Å². The normalized spacial score (nSPS) is 10.3. The molecular weight excluding hydrogens is 247 g/mol. The van der Waals surface area contributed by atoms with E-state index in [-0.39, 0.29) is 16.4 Å². The second-order valence-corrected chi connectivity index (χ2v) is 3.84. The lowest BCUT2D eigenvalue weighted by atomic mass is 10.3. The van der Waals surface area contributed by atoms with E-state index >= 15 is 0 Å². The molecule has 0 bridgehead atoms. The van der Waals surface area contributed by atoms with Gasteiger partial charge in [0.25, 0.3) is 5.91 Å². The smallest absolute Gasteiger partial charge is 0.277 e. The fourth-order valence-corrected chi connectivity index (χ4v) is 1.41. The van der Waals surface area contributed by atoms with Crippen LogP contribution in [0.25, 0.3) is 0 Å². The first-order chi connectivity index (χ1) is 8.06. The molecule has 4 nitrogen and oxygen atoms in total. The van der Waals surface area contributed by atoms with Gasteiger partial charge in [0.1, 0.15) is 11.6 Å². The first-order valence-corrected chi connectivity index (χ1v) is 5.14. The Kier molecular flexibility index (Phi) is 3.10. The monoisotopic (exact) mass is 254 g/mol. The molecule has 6 heteroatoms. The number of carbonyl (C=O) groups is 1. The molecule has 0 aliphatic rings. The number of carbonyl (C=O) groups excluding carboxylic acids is 1. The average Bonchev–Trinajstić information content (AvgIpc) is 2.69. The predicted octanol–water partition coefficient (Wildman–Crippen LogP) is 3.03. The fraction of sp³-hybridized carbons (Fsp3) is 0.0909. The van der Waals surface area contributed by atoms with Crippen molar-refractivity contribution in [2.75, 3.05) is 5.32 Å². The zero-order chi connectivity index (χ0) is 12.4. The lowest BCUT2D eigenvalue weighted by Gasteiger charge is -2.04. The number of aryl methyl sites for hydroxylation is 1. The first kappa shape index (κ1) is 11.6. The van der Waals surface area contributed by atoms with Crippen LogP contribution in [0, 0.1) is 12.7 Å². The van der Waals surface area contributed by atoms with Crippen LogP contribution in [0.2, 0.25) is 5.02 Å². The van der Waals surface area contributed by atoms with Crippen LogP contribution in [0.15, 0.2) is 28.8 Å². The molecule has 2 aromatic rings. The van der Waals surface area contributed by atoms with E-state index in [9.17, 15) is 9.18 Å². The Morgan fingerprint density at radius 2 is 2.24 bits per heavy atom. The Hall–Kier alpha value is -1.88. The molecule has 17 heavy (non-hydrogen) atoms. The zero-order valence-corrected chi connectivity index (χ0v) is 9.58. The molecule has 1 amide bonds. The molecule has 2 rings (SSSR count). The van der Waals surface area contributed by atoms with E-state index in [1.807, 2.05) is 0 Å². The van der Waals surface area contributed by atoms with Crippen molar-refractivity contribution in [2.24, 2.45) is 0 Å². The quantitative estimate of drug-likeness (QED) is 0.896. The fourth-order valence-electron chi connectivity index (χ4n) is 1.25. The van der Waals surface area contributed by atoms with Gasteiger partial charge in [-0.25, -0.2) is 4.39 Å². The summed E-state index contributed by atoms with van der Waals surface area (Å²) in [4.78, 5) is 11.6. The van der Waals surface area contributed by atoms with Gasteiger partial charge in [0.05, 0.1) is 5.69 Å². The van der Waals surface area contributed by atoms with Crippen molar-refractivity contribution < 1.29 is 13.7 Å². The molecule has 0 saturated heterocycles. The highest BCUT2D eigenvalue weighted by atomic mass is 35.5. The molecule has 0 radical (unpaired) electrons. The molecule has 1 aromatic heterocycles. The number of halogens is 2. The predicted molar refractivity (Wildman–Crippen MR) is 60.6 cm³/mol. The maximum atomic E-state index is 13.4. The summed E-state index contributed by atoms with van der Waals surface area (Å²) in [5.41, 5.74) is 0.136. The summed E-state index contributed by atoms with van der Waals surface area (Å²) in [6.45, 7) is 1.66. The topological polar surface area (TPSA) is 55.1 Å². The van der Waals surface area contributed by atoms with E-state index in [2.05, 4.69) is 10.5 Å². The van der Waals surface area contributed by atoms with Gasteiger partial charge >= 0.3 is 0 Å². The zero-order valence-electron chi connectivity index (χ0n) is 8.83.